The molecule has 4 aliphatic carbocycles. The van der Waals surface area contributed by atoms with Crippen molar-refractivity contribution in [2.75, 3.05) is 145 Å². The fourth-order valence-corrected chi connectivity index (χ4v) is 11.4. The molecule has 0 spiro atoms. The SMILES string of the molecule is CC(C)CCCC(C)C1CCC2C3CC=C4C[C@@H](OCCOCCOCCOCCOCCOCCOCCOCCOCCOCCOCC5CO5)CC[C@]4(C)C3CC[C@]12C. The molecule has 9 atom stereocenters. The maximum absolute atomic E-state index is 6.39. The van der Waals surface area contributed by atoms with Gasteiger partial charge in [-0.1, -0.05) is 65.5 Å². The molecule has 12 nitrogen and oxygen atoms in total. The van der Waals surface area contributed by atoms with Crippen molar-refractivity contribution in [1.82, 2.24) is 0 Å². The Bertz CT molecular complexity index is 1180. The highest BCUT2D eigenvalue weighted by Gasteiger charge is 2.59. The highest BCUT2D eigenvalue weighted by atomic mass is 16.6. The number of hydrogen-bond donors (Lipinski definition) is 0. The fraction of sp³-hybridized carbons (Fsp3) is 0.960. The Hall–Kier alpha value is -0.740. The first-order valence-corrected chi connectivity index (χ1v) is 25.0. The zero-order chi connectivity index (χ0) is 43.7. The van der Waals surface area contributed by atoms with Crippen LogP contribution in [-0.4, -0.2) is 158 Å². The molecule has 12 heteroatoms. The predicted octanol–water partition coefficient (Wildman–Crippen LogP) is 7.98. The highest BCUT2D eigenvalue weighted by Crippen LogP contribution is 2.67. The number of hydrogen-bond acceptors (Lipinski definition) is 12. The molecule has 1 aliphatic heterocycles. The molecule has 0 N–H and O–H groups in total. The smallest absolute Gasteiger partial charge is 0.104 e. The molecule has 0 amide bonds. The standard InChI is InChI=1S/C50H90O12/c1-40(2)7-6-8-41(3)46-11-12-47-45-10-9-42-37-43(13-15-49(42,4)48(45)14-16-50(46,47)5)61-36-35-59-32-31-57-28-27-55-24-23-53-20-19-51-17-18-52-21-22-54-25-26-56-29-30-58-33-34-60-38-44-39-62-44/h9,40-41,43-48H,6-8,10-39H2,1-5H3/t41?,43-,44?,45?,46?,47?,48?,49-,50+/m0/s1. The summed E-state index contributed by atoms with van der Waals surface area (Å²) in [5, 5.41) is 0. The molecule has 0 aromatic heterocycles. The Balaban J connectivity index is 0.747. The normalized spacial score (nSPS) is 29.7. The van der Waals surface area contributed by atoms with E-state index in [0.29, 0.717) is 162 Å². The van der Waals surface area contributed by atoms with Gasteiger partial charge in [0.1, 0.15) is 6.10 Å². The largest absolute Gasteiger partial charge is 0.377 e. The van der Waals surface area contributed by atoms with Gasteiger partial charge in [-0.3, -0.25) is 0 Å². The van der Waals surface area contributed by atoms with Crippen molar-refractivity contribution in [3.05, 3.63) is 11.6 Å². The summed E-state index contributed by atoms with van der Waals surface area (Å²) in [6.45, 7) is 25.1. The van der Waals surface area contributed by atoms with Crippen molar-refractivity contribution >= 4 is 0 Å². The van der Waals surface area contributed by atoms with Crippen molar-refractivity contribution in [2.24, 2.45) is 46.3 Å². The van der Waals surface area contributed by atoms with E-state index in [0.717, 1.165) is 48.5 Å². The Labute approximate surface area is 376 Å². The summed E-state index contributed by atoms with van der Waals surface area (Å²) in [5.41, 5.74) is 2.63. The van der Waals surface area contributed by atoms with E-state index in [1.807, 2.05) is 0 Å². The van der Waals surface area contributed by atoms with Crippen LogP contribution in [0.2, 0.25) is 0 Å². The second-order valence-electron chi connectivity index (χ2n) is 19.6. The topological polar surface area (TPSA) is 114 Å². The van der Waals surface area contributed by atoms with Crippen LogP contribution in [-0.2, 0) is 56.8 Å². The lowest BCUT2D eigenvalue weighted by Crippen LogP contribution is -2.51. The monoisotopic (exact) mass is 883 g/mol. The van der Waals surface area contributed by atoms with Gasteiger partial charge in [-0.2, -0.15) is 0 Å². The molecule has 1 heterocycles. The summed E-state index contributed by atoms with van der Waals surface area (Å²) >= 11 is 0. The molecule has 3 saturated carbocycles. The van der Waals surface area contributed by atoms with Gasteiger partial charge in [0.2, 0.25) is 0 Å². The summed E-state index contributed by atoms with van der Waals surface area (Å²) < 4.78 is 67.1. The second kappa shape index (κ2) is 29.8. The Morgan fingerprint density at radius 1 is 0.565 bits per heavy atom. The molecule has 0 aromatic carbocycles. The number of ether oxygens (including phenoxy) is 12. The third kappa shape index (κ3) is 18.2. The Morgan fingerprint density at radius 2 is 1.05 bits per heavy atom. The van der Waals surface area contributed by atoms with Gasteiger partial charge in [-0.05, 0) is 97.7 Å². The number of fused-ring (bicyclic) bond motifs is 5. The molecular formula is C50H90O12. The van der Waals surface area contributed by atoms with Crippen LogP contribution in [0.3, 0.4) is 0 Å². The Kier molecular flexibility index (Phi) is 25.1. The lowest BCUT2D eigenvalue weighted by molar-refractivity contribution is -0.0692. The van der Waals surface area contributed by atoms with Gasteiger partial charge >= 0.3 is 0 Å². The van der Waals surface area contributed by atoms with Crippen LogP contribution < -0.4 is 0 Å². The van der Waals surface area contributed by atoms with Crippen LogP contribution in [0.15, 0.2) is 11.6 Å². The summed E-state index contributed by atoms with van der Waals surface area (Å²) in [5.74, 6) is 5.29. The number of rotatable bonds is 38. The molecule has 62 heavy (non-hydrogen) atoms. The number of allylic oxidation sites excluding steroid dienone is 1. The first-order valence-electron chi connectivity index (χ1n) is 25.0. The van der Waals surface area contributed by atoms with Crippen LogP contribution >= 0.6 is 0 Å². The zero-order valence-electron chi connectivity index (χ0n) is 39.9. The van der Waals surface area contributed by atoms with Crippen molar-refractivity contribution in [2.45, 2.75) is 117 Å². The van der Waals surface area contributed by atoms with Crippen molar-refractivity contribution < 1.29 is 56.8 Å². The van der Waals surface area contributed by atoms with Crippen molar-refractivity contribution in [3.63, 3.8) is 0 Å². The molecule has 5 aliphatic rings. The predicted molar refractivity (Wildman–Crippen MR) is 241 cm³/mol. The first-order chi connectivity index (χ1) is 30.3. The van der Waals surface area contributed by atoms with E-state index < -0.39 is 0 Å². The van der Waals surface area contributed by atoms with E-state index in [1.165, 1.54) is 64.2 Å². The molecular weight excluding hydrogens is 793 g/mol. The average molecular weight is 883 g/mol. The van der Waals surface area contributed by atoms with Crippen LogP contribution in [0.5, 0.6) is 0 Å². The lowest BCUT2D eigenvalue weighted by Gasteiger charge is -2.58. The van der Waals surface area contributed by atoms with E-state index in [1.54, 1.807) is 5.57 Å². The van der Waals surface area contributed by atoms with E-state index in [4.69, 9.17) is 56.8 Å². The van der Waals surface area contributed by atoms with Gasteiger partial charge in [-0.25, -0.2) is 0 Å². The molecule has 0 aromatic rings. The molecule has 362 valence electrons. The van der Waals surface area contributed by atoms with Crippen LogP contribution in [0.4, 0.5) is 0 Å². The summed E-state index contributed by atoms with van der Waals surface area (Å²) in [4.78, 5) is 0. The van der Waals surface area contributed by atoms with E-state index >= 15 is 0 Å². The van der Waals surface area contributed by atoms with E-state index in [9.17, 15) is 0 Å². The van der Waals surface area contributed by atoms with Crippen LogP contribution in [0, 0.1) is 46.3 Å². The highest BCUT2D eigenvalue weighted by molar-refractivity contribution is 5.25. The molecule has 6 unspecified atom stereocenters. The van der Waals surface area contributed by atoms with Gasteiger partial charge in [0.05, 0.1) is 151 Å². The van der Waals surface area contributed by atoms with Crippen molar-refractivity contribution in [3.8, 4) is 0 Å². The number of epoxide rings is 1. The van der Waals surface area contributed by atoms with Gasteiger partial charge in [-0.15, -0.1) is 0 Å². The van der Waals surface area contributed by atoms with Gasteiger partial charge < -0.3 is 56.8 Å². The maximum atomic E-state index is 6.39. The molecule has 0 bridgehead atoms. The Morgan fingerprint density at radius 3 is 1.53 bits per heavy atom. The third-order valence-corrected chi connectivity index (χ3v) is 14.9. The fourth-order valence-electron chi connectivity index (χ4n) is 11.4. The minimum Gasteiger partial charge on any atom is -0.377 e. The van der Waals surface area contributed by atoms with Crippen LogP contribution in [0.25, 0.3) is 0 Å². The second-order valence-corrected chi connectivity index (χ2v) is 19.6. The summed E-state index contributed by atoms with van der Waals surface area (Å²) in [7, 11) is 0. The summed E-state index contributed by atoms with van der Waals surface area (Å²) in [6.07, 6.45) is 18.2. The van der Waals surface area contributed by atoms with Crippen molar-refractivity contribution in [1.29, 1.82) is 0 Å². The third-order valence-electron chi connectivity index (χ3n) is 14.9. The lowest BCUT2D eigenvalue weighted by atomic mass is 9.47. The van der Waals surface area contributed by atoms with Gasteiger partial charge in [0.25, 0.3) is 0 Å². The molecule has 4 fully saturated rings. The van der Waals surface area contributed by atoms with Gasteiger partial charge in [0.15, 0.2) is 0 Å². The van der Waals surface area contributed by atoms with Crippen LogP contribution in [0.1, 0.15) is 105 Å². The van der Waals surface area contributed by atoms with E-state index in [-0.39, 0.29) is 0 Å². The average Bonchev–Trinajstić information content (AvgIpc) is 4.02. The minimum atomic E-state index is 0.298. The van der Waals surface area contributed by atoms with Gasteiger partial charge in [0, 0.05) is 0 Å². The maximum Gasteiger partial charge on any atom is 0.104 e. The van der Waals surface area contributed by atoms with E-state index in [2.05, 4.69) is 40.7 Å². The zero-order valence-corrected chi connectivity index (χ0v) is 39.9. The minimum absolute atomic E-state index is 0.298. The molecule has 5 rings (SSSR count). The molecule has 1 saturated heterocycles. The first kappa shape index (κ1) is 52.2. The summed E-state index contributed by atoms with van der Waals surface area (Å²) in [6, 6.07) is 0. The molecule has 0 radical (unpaired) electrons. The quantitative estimate of drug-likeness (QED) is 0.0341.